The highest BCUT2D eigenvalue weighted by Crippen LogP contribution is 2.54. The van der Waals surface area contributed by atoms with E-state index in [1.807, 2.05) is 42.5 Å². The van der Waals surface area contributed by atoms with Crippen molar-refractivity contribution < 1.29 is 23.2 Å². The molecule has 166 valence electrons. The summed E-state index contributed by atoms with van der Waals surface area (Å²) in [6, 6.07) is 13.5. The van der Waals surface area contributed by atoms with Gasteiger partial charge in [-0.1, -0.05) is 62.7 Å². The Labute approximate surface area is 188 Å². The van der Waals surface area contributed by atoms with Gasteiger partial charge in [-0.15, -0.1) is 0 Å². The molecular formula is C24H29O5PS. The van der Waals surface area contributed by atoms with Crippen LogP contribution in [0.1, 0.15) is 50.7 Å². The number of ether oxygens (including phenoxy) is 1. The number of rotatable bonds is 6. The van der Waals surface area contributed by atoms with Crippen LogP contribution in [-0.2, 0) is 13.6 Å². The van der Waals surface area contributed by atoms with Crippen LogP contribution < -0.4 is 4.74 Å². The first-order valence-electron chi connectivity index (χ1n) is 10.7. The molecule has 1 heterocycles. The molecule has 3 unspecified atom stereocenters. The molecule has 7 heteroatoms. The van der Waals surface area contributed by atoms with Crippen molar-refractivity contribution in [1.29, 1.82) is 0 Å². The van der Waals surface area contributed by atoms with Crippen molar-refractivity contribution in [3.05, 3.63) is 53.6 Å². The largest absolute Gasteiger partial charge is 0.527 e. The van der Waals surface area contributed by atoms with Gasteiger partial charge in [-0.25, -0.2) is 4.57 Å². The van der Waals surface area contributed by atoms with E-state index in [0.29, 0.717) is 23.0 Å². The van der Waals surface area contributed by atoms with Crippen LogP contribution >= 0.6 is 19.6 Å². The molecule has 1 saturated carbocycles. The molecule has 4 rings (SSSR count). The van der Waals surface area contributed by atoms with Gasteiger partial charge in [0.2, 0.25) is 0 Å². The van der Waals surface area contributed by atoms with Crippen LogP contribution in [0.2, 0.25) is 0 Å². The Morgan fingerprint density at radius 3 is 2.65 bits per heavy atom. The Morgan fingerprint density at radius 1 is 1.10 bits per heavy atom. The first-order chi connectivity index (χ1) is 14.9. The summed E-state index contributed by atoms with van der Waals surface area (Å²) in [4.78, 5) is 12.6. The van der Waals surface area contributed by atoms with E-state index in [0.717, 1.165) is 41.0 Å². The number of benzene rings is 2. The number of hydrogen-bond acceptors (Lipinski definition) is 5. The lowest BCUT2D eigenvalue weighted by Crippen LogP contribution is -2.30. The summed E-state index contributed by atoms with van der Waals surface area (Å²) in [5.74, 6) is 1.64. The summed E-state index contributed by atoms with van der Waals surface area (Å²) >= 11 is 1.56. The molecule has 0 aromatic heterocycles. The van der Waals surface area contributed by atoms with E-state index in [-0.39, 0.29) is 12.0 Å². The summed E-state index contributed by atoms with van der Waals surface area (Å²) in [5, 5.41) is 0. The lowest BCUT2D eigenvalue weighted by atomic mass is 9.79. The van der Waals surface area contributed by atoms with Gasteiger partial charge in [0.05, 0.1) is 18.1 Å². The number of hydrogen-bond donors (Lipinski definition) is 1. The highest BCUT2D eigenvalue weighted by Gasteiger charge is 2.37. The normalized spacial score (nSPS) is 22.5. The quantitative estimate of drug-likeness (QED) is 0.468. The number of fused-ring (bicyclic) bond motifs is 2. The van der Waals surface area contributed by atoms with Gasteiger partial charge in [-0.3, -0.25) is 9.42 Å². The first kappa shape index (κ1) is 22.5. The van der Waals surface area contributed by atoms with Crippen molar-refractivity contribution in [3.8, 4) is 5.75 Å². The number of methoxy groups -OCH3 is 1. The molecule has 1 N–H and O–H groups in total. The van der Waals surface area contributed by atoms with Gasteiger partial charge in [0, 0.05) is 10.5 Å². The zero-order valence-corrected chi connectivity index (χ0v) is 19.8. The molecule has 0 bridgehead atoms. The van der Waals surface area contributed by atoms with E-state index < -0.39 is 7.82 Å². The Hall–Kier alpha value is -1.72. The third-order valence-electron chi connectivity index (χ3n) is 5.97. The van der Waals surface area contributed by atoms with Gasteiger partial charge >= 0.3 is 7.82 Å². The van der Waals surface area contributed by atoms with Gasteiger partial charge in [0.25, 0.3) is 0 Å². The average Bonchev–Trinajstić information content (AvgIpc) is 2.89. The molecule has 1 aliphatic carbocycles. The molecule has 2 aromatic rings. The van der Waals surface area contributed by atoms with Crippen LogP contribution in [0, 0.1) is 11.8 Å². The standard InChI is InChI=1S/C24H29O5PS/c1-16(2)18-10-5-6-12-20(18)28-30(25,26)29-22-15-17-9-4-7-14-23(17)31-24-19(22)11-8-13-21(24)27-3/h4,7-9,11,13-16,18,20H,5-6,10,12H2,1-3H3,(H,25,26). The number of phosphoric ester groups is 1. The Bertz CT molecular complexity index is 1020. The maximum atomic E-state index is 13.1. The molecule has 2 aromatic carbocycles. The summed E-state index contributed by atoms with van der Waals surface area (Å²) in [6.45, 7) is 4.28. The molecular weight excluding hydrogens is 431 g/mol. The maximum Gasteiger partial charge on any atom is 0.527 e. The predicted octanol–water partition coefficient (Wildman–Crippen LogP) is 7.01. The lowest BCUT2D eigenvalue weighted by Gasteiger charge is -2.34. The fraction of sp³-hybridized carbons (Fsp3) is 0.417. The van der Waals surface area contributed by atoms with Crippen LogP contribution in [0.25, 0.3) is 11.8 Å². The predicted molar refractivity (Wildman–Crippen MR) is 124 cm³/mol. The summed E-state index contributed by atoms with van der Waals surface area (Å²) in [7, 11) is -2.72. The van der Waals surface area contributed by atoms with E-state index in [9.17, 15) is 9.46 Å². The monoisotopic (exact) mass is 460 g/mol. The highest BCUT2D eigenvalue weighted by atomic mass is 32.2. The molecule has 1 fully saturated rings. The Balaban J connectivity index is 1.68. The van der Waals surface area contributed by atoms with E-state index >= 15 is 0 Å². The van der Waals surface area contributed by atoms with Crippen molar-refractivity contribution in [2.75, 3.05) is 7.11 Å². The van der Waals surface area contributed by atoms with Crippen LogP contribution in [-0.4, -0.2) is 18.1 Å². The van der Waals surface area contributed by atoms with Gasteiger partial charge < -0.3 is 9.26 Å². The van der Waals surface area contributed by atoms with Crippen molar-refractivity contribution in [1.82, 2.24) is 0 Å². The smallest absolute Gasteiger partial charge is 0.496 e. The van der Waals surface area contributed by atoms with Crippen LogP contribution in [0.15, 0.2) is 52.3 Å². The Morgan fingerprint density at radius 2 is 1.87 bits per heavy atom. The fourth-order valence-corrected chi connectivity index (χ4v) is 6.60. The van der Waals surface area contributed by atoms with E-state index in [2.05, 4.69) is 13.8 Å². The van der Waals surface area contributed by atoms with Crippen LogP contribution in [0.5, 0.6) is 5.75 Å². The third kappa shape index (κ3) is 5.04. The first-order valence-corrected chi connectivity index (χ1v) is 13.1. The van der Waals surface area contributed by atoms with E-state index in [1.165, 1.54) is 0 Å². The molecule has 1 aliphatic heterocycles. The van der Waals surface area contributed by atoms with Gasteiger partial charge in [-0.05, 0) is 54.5 Å². The van der Waals surface area contributed by atoms with Gasteiger partial charge in [0.1, 0.15) is 11.5 Å². The summed E-state index contributed by atoms with van der Waals surface area (Å²) in [5.41, 5.74) is 1.63. The highest BCUT2D eigenvalue weighted by molar-refractivity contribution is 7.99. The van der Waals surface area contributed by atoms with Gasteiger partial charge in [0.15, 0.2) is 0 Å². The van der Waals surface area contributed by atoms with Crippen LogP contribution in [0.4, 0.5) is 0 Å². The van der Waals surface area contributed by atoms with Crippen molar-refractivity contribution in [2.24, 2.45) is 11.8 Å². The topological polar surface area (TPSA) is 65.0 Å². The molecule has 0 saturated heterocycles. The van der Waals surface area contributed by atoms with Crippen molar-refractivity contribution in [3.63, 3.8) is 0 Å². The zero-order chi connectivity index (χ0) is 22.0. The SMILES string of the molecule is COc1cccc2c1Sc1ccccc1C=C2OP(=O)(O)OC1CCCCC1C(C)C. The zero-order valence-electron chi connectivity index (χ0n) is 18.1. The minimum Gasteiger partial charge on any atom is -0.496 e. The van der Waals surface area contributed by atoms with Gasteiger partial charge in [-0.2, -0.15) is 0 Å². The molecule has 0 spiro atoms. The third-order valence-corrected chi connectivity index (χ3v) is 8.16. The van der Waals surface area contributed by atoms with E-state index in [1.54, 1.807) is 24.9 Å². The Kier molecular flexibility index (Phi) is 6.83. The minimum absolute atomic E-state index is 0.254. The van der Waals surface area contributed by atoms with E-state index in [4.69, 9.17) is 13.8 Å². The second-order valence-electron chi connectivity index (χ2n) is 8.38. The molecule has 2 aliphatic rings. The molecule has 31 heavy (non-hydrogen) atoms. The second kappa shape index (κ2) is 9.41. The fourth-order valence-electron chi connectivity index (χ4n) is 4.41. The molecule has 5 nitrogen and oxygen atoms in total. The average molecular weight is 461 g/mol. The van der Waals surface area contributed by atoms with Crippen LogP contribution in [0.3, 0.4) is 0 Å². The molecule has 0 amide bonds. The maximum absolute atomic E-state index is 13.1. The number of phosphoric acid groups is 1. The summed E-state index contributed by atoms with van der Waals surface area (Å²) in [6.07, 6.45) is 5.45. The van der Waals surface area contributed by atoms with Crippen molar-refractivity contribution >= 4 is 31.4 Å². The second-order valence-corrected chi connectivity index (χ2v) is 10.8. The minimum atomic E-state index is -4.34. The molecule has 3 atom stereocenters. The van der Waals surface area contributed by atoms with Crippen molar-refractivity contribution in [2.45, 2.75) is 55.4 Å². The lowest BCUT2D eigenvalue weighted by molar-refractivity contribution is 0.0391. The summed E-state index contributed by atoms with van der Waals surface area (Å²) < 4.78 is 30.2. The molecule has 0 radical (unpaired) electrons.